The van der Waals surface area contributed by atoms with Crippen molar-refractivity contribution in [2.75, 3.05) is 0 Å². The second-order valence-electron chi connectivity index (χ2n) is 18.6. The van der Waals surface area contributed by atoms with Gasteiger partial charge in [0.1, 0.15) is 5.82 Å². The lowest BCUT2D eigenvalue weighted by Crippen LogP contribution is -2.57. The van der Waals surface area contributed by atoms with Crippen molar-refractivity contribution in [2.45, 2.75) is 118 Å². The van der Waals surface area contributed by atoms with Crippen LogP contribution in [0.5, 0.6) is 0 Å². The Morgan fingerprint density at radius 3 is 1.37 bits per heavy atom. The molecule has 1 aromatic heterocycles. The fourth-order valence-corrected chi connectivity index (χ4v) is 12.3. The molecule has 2 atom stereocenters. The van der Waals surface area contributed by atoms with Crippen molar-refractivity contribution in [3.05, 3.63) is 153 Å². The zero-order valence-electron chi connectivity index (χ0n) is 35.5. The molecule has 4 bridgehead atoms. The number of aromatic nitrogens is 3. The van der Waals surface area contributed by atoms with Gasteiger partial charge >= 0.3 is 0 Å². The highest BCUT2D eigenvalue weighted by Crippen LogP contribution is 2.65. The molecule has 57 heavy (non-hydrogen) atoms. The largest absolute Gasteiger partial charge is 0.242 e. The summed E-state index contributed by atoms with van der Waals surface area (Å²) in [6.07, 6.45) is 9.36. The molecule has 1 heterocycles. The van der Waals surface area contributed by atoms with Crippen molar-refractivity contribution in [1.82, 2.24) is 15.0 Å². The SMILES string of the molecule is CCc1ccc(-c2nc(-c3ccc(CC)cc3)nc(C34CC5CC(CC(c6ccc(B(c7c(C)cc(C)cc7C)c7c(C)cc(C)cc7C)cc6)(C5)C3)C4)n2)cc1. The van der Waals surface area contributed by atoms with Crippen LogP contribution in [0.25, 0.3) is 22.8 Å². The highest BCUT2D eigenvalue weighted by atomic mass is 15.1. The maximum absolute atomic E-state index is 5.46. The molecule has 0 amide bonds. The Bertz CT molecular complexity index is 2280. The smallest absolute Gasteiger partial charge is 0.212 e. The van der Waals surface area contributed by atoms with Crippen molar-refractivity contribution < 1.29 is 0 Å². The lowest BCUT2D eigenvalue weighted by molar-refractivity contribution is -0.0319. The Morgan fingerprint density at radius 2 is 0.947 bits per heavy atom. The molecule has 4 heteroatoms. The van der Waals surface area contributed by atoms with Crippen molar-refractivity contribution in [3.63, 3.8) is 0 Å². The molecule has 4 aliphatic carbocycles. The van der Waals surface area contributed by atoms with E-state index in [4.69, 9.17) is 15.0 Å². The Kier molecular flexibility index (Phi) is 9.62. The maximum Gasteiger partial charge on any atom is 0.242 e. The molecule has 4 fully saturated rings. The summed E-state index contributed by atoms with van der Waals surface area (Å²) in [6, 6.07) is 37.2. The van der Waals surface area contributed by atoms with E-state index in [1.807, 2.05) is 0 Å². The molecular formula is C53H58BN3. The molecule has 0 radical (unpaired) electrons. The summed E-state index contributed by atoms with van der Waals surface area (Å²) >= 11 is 0. The molecule has 4 saturated carbocycles. The molecular weight excluding hydrogens is 689 g/mol. The van der Waals surface area contributed by atoms with Crippen molar-refractivity contribution in [2.24, 2.45) is 11.8 Å². The quantitative estimate of drug-likeness (QED) is 0.138. The molecule has 0 saturated heterocycles. The lowest BCUT2D eigenvalue weighted by Gasteiger charge is -2.61. The van der Waals surface area contributed by atoms with Gasteiger partial charge in [0.25, 0.3) is 0 Å². The van der Waals surface area contributed by atoms with Gasteiger partial charge in [0.2, 0.25) is 6.71 Å². The summed E-state index contributed by atoms with van der Waals surface area (Å²) in [5.74, 6) is 4.01. The topological polar surface area (TPSA) is 38.7 Å². The van der Waals surface area contributed by atoms with Crippen LogP contribution in [0.3, 0.4) is 0 Å². The molecule has 6 aromatic rings. The summed E-state index contributed by atoms with van der Waals surface area (Å²) in [7, 11) is 0. The van der Waals surface area contributed by atoms with E-state index in [1.165, 1.54) is 98.6 Å². The van der Waals surface area contributed by atoms with Crippen LogP contribution in [0.2, 0.25) is 0 Å². The van der Waals surface area contributed by atoms with Crippen LogP contribution in [0, 0.1) is 53.4 Å². The van der Waals surface area contributed by atoms with Gasteiger partial charge in [-0.3, -0.25) is 0 Å². The maximum atomic E-state index is 5.46. The summed E-state index contributed by atoms with van der Waals surface area (Å²) in [6.45, 7) is 18.3. The molecule has 2 unspecified atom stereocenters. The van der Waals surface area contributed by atoms with Gasteiger partial charge in [0, 0.05) is 16.5 Å². The Labute approximate surface area is 341 Å². The third-order valence-corrected chi connectivity index (χ3v) is 14.3. The second-order valence-corrected chi connectivity index (χ2v) is 18.6. The average Bonchev–Trinajstić information content (AvgIpc) is 3.19. The first-order valence-electron chi connectivity index (χ1n) is 21.7. The zero-order chi connectivity index (χ0) is 39.6. The van der Waals surface area contributed by atoms with E-state index in [-0.39, 0.29) is 17.5 Å². The number of benzene rings is 5. The monoisotopic (exact) mass is 747 g/mol. The minimum atomic E-state index is -0.0588. The average molecular weight is 748 g/mol. The Morgan fingerprint density at radius 1 is 0.526 bits per heavy atom. The van der Waals surface area contributed by atoms with Crippen LogP contribution in [0.15, 0.2) is 97.1 Å². The van der Waals surface area contributed by atoms with Crippen LogP contribution in [0.4, 0.5) is 0 Å². The molecule has 288 valence electrons. The Balaban J connectivity index is 1.13. The first-order chi connectivity index (χ1) is 27.5. The van der Waals surface area contributed by atoms with Gasteiger partial charge in [-0.2, -0.15) is 0 Å². The van der Waals surface area contributed by atoms with Gasteiger partial charge < -0.3 is 0 Å². The van der Waals surface area contributed by atoms with Crippen LogP contribution < -0.4 is 16.4 Å². The van der Waals surface area contributed by atoms with Crippen molar-refractivity contribution in [1.29, 1.82) is 0 Å². The third-order valence-electron chi connectivity index (χ3n) is 14.3. The summed E-state index contributed by atoms with van der Waals surface area (Å²) in [5, 5.41) is 0. The normalized spacial score (nSPS) is 22.2. The first-order valence-corrected chi connectivity index (χ1v) is 21.7. The first kappa shape index (κ1) is 37.7. The minimum absolute atomic E-state index is 0.0588. The second kappa shape index (κ2) is 14.5. The number of nitrogens with zero attached hydrogens (tertiary/aromatic N) is 3. The van der Waals surface area contributed by atoms with E-state index >= 15 is 0 Å². The molecule has 0 spiro atoms. The zero-order valence-corrected chi connectivity index (χ0v) is 35.5. The standard InChI is InChI=1S/C53H58BN3/c1-9-39-11-15-43(16-12-39)49-55-50(44-17-13-40(10-2)14-18-44)57-51(56-49)53-30-41-27-42(31-53)29-52(28-41,32-53)45-19-21-46(22-20-45)54(47-35(5)23-33(3)24-36(47)6)48-37(7)25-34(4)26-38(48)8/h11-26,41-42H,9-10,27-32H2,1-8H3. The minimum Gasteiger partial charge on any atom is -0.212 e. The van der Waals surface area contributed by atoms with Crippen molar-refractivity contribution >= 4 is 23.1 Å². The van der Waals surface area contributed by atoms with Gasteiger partial charge in [-0.05, 0) is 127 Å². The summed E-state index contributed by atoms with van der Waals surface area (Å²) < 4.78 is 0. The van der Waals surface area contributed by atoms with E-state index in [0.717, 1.165) is 47.9 Å². The van der Waals surface area contributed by atoms with Crippen LogP contribution in [0.1, 0.15) is 108 Å². The van der Waals surface area contributed by atoms with Gasteiger partial charge in [-0.25, -0.2) is 15.0 Å². The molecule has 3 nitrogen and oxygen atoms in total. The number of aryl methyl sites for hydroxylation is 8. The fraction of sp³-hybridized carbons (Fsp3) is 0.377. The van der Waals surface area contributed by atoms with Gasteiger partial charge in [0.15, 0.2) is 11.6 Å². The van der Waals surface area contributed by atoms with Crippen molar-refractivity contribution in [3.8, 4) is 22.8 Å². The number of hydrogen-bond acceptors (Lipinski definition) is 3. The van der Waals surface area contributed by atoms with Crippen LogP contribution in [-0.2, 0) is 23.7 Å². The van der Waals surface area contributed by atoms with E-state index < -0.39 is 0 Å². The molecule has 0 aliphatic heterocycles. The number of hydrogen-bond donors (Lipinski definition) is 0. The summed E-state index contributed by atoms with van der Waals surface area (Å²) in [4.78, 5) is 16.1. The predicted molar refractivity (Wildman–Crippen MR) is 240 cm³/mol. The molecule has 4 aliphatic rings. The molecule has 5 aromatic carbocycles. The third kappa shape index (κ3) is 6.77. The lowest BCUT2D eigenvalue weighted by atomic mass is 9.34. The van der Waals surface area contributed by atoms with Crippen LogP contribution in [-0.4, -0.2) is 21.7 Å². The van der Waals surface area contributed by atoms with Gasteiger partial charge in [0.05, 0.1) is 0 Å². The summed E-state index contributed by atoms with van der Waals surface area (Å²) in [5.41, 5.74) is 18.9. The van der Waals surface area contributed by atoms with Gasteiger partial charge in [-0.1, -0.05) is 161 Å². The highest BCUT2D eigenvalue weighted by molar-refractivity contribution is 6.96. The molecule has 10 rings (SSSR count). The van der Waals surface area contributed by atoms with E-state index in [1.54, 1.807) is 0 Å². The Hall–Kier alpha value is -4.83. The fourth-order valence-electron chi connectivity index (χ4n) is 12.3. The predicted octanol–water partition coefficient (Wildman–Crippen LogP) is 10.5. The van der Waals surface area contributed by atoms with Gasteiger partial charge in [-0.15, -0.1) is 0 Å². The van der Waals surface area contributed by atoms with E-state index in [9.17, 15) is 0 Å². The number of rotatable bonds is 9. The van der Waals surface area contributed by atoms with E-state index in [0.29, 0.717) is 11.8 Å². The highest BCUT2D eigenvalue weighted by Gasteiger charge is 2.60. The van der Waals surface area contributed by atoms with Crippen LogP contribution >= 0.6 is 0 Å². The molecule has 0 N–H and O–H groups in total. The van der Waals surface area contributed by atoms with E-state index in [2.05, 4.69) is 152 Å².